The Kier molecular flexibility index (Phi) is 5.08. The van der Waals surface area contributed by atoms with Crippen LogP contribution in [0, 0.1) is 10.1 Å². The first-order valence-corrected chi connectivity index (χ1v) is 10.2. The summed E-state index contributed by atoms with van der Waals surface area (Å²) < 4.78 is 5.93. The van der Waals surface area contributed by atoms with Gasteiger partial charge in [0, 0.05) is 55.2 Å². The molecule has 0 amide bonds. The minimum Gasteiger partial charge on any atom is -0.460 e. The third-order valence-corrected chi connectivity index (χ3v) is 5.47. The molecule has 0 saturated heterocycles. The maximum Gasteiger partial charge on any atom is 0.270 e. The highest BCUT2D eigenvalue weighted by atomic mass is 16.6. The molecular weight excluding hydrogens is 410 g/mol. The number of rotatable bonds is 5. The second-order valence-electron chi connectivity index (χ2n) is 7.62. The van der Waals surface area contributed by atoms with Crippen molar-refractivity contribution < 1.29 is 9.34 Å². The van der Waals surface area contributed by atoms with Crippen LogP contribution in [0.25, 0.3) is 22.7 Å². The molecule has 1 aliphatic rings. The van der Waals surface area contributed by atoms with E-state index in [1.54, 1.807) is 30.6 Å². The van der Waals surface area contributed by atoms with E-state index in [4.69, 9.17) is 4.42 Å². The van der Waals surface area contributed by atoms with Gasteiger partial charge in [-0.2, -0.15) is 0 Å². The normalized spacial score (nSPS) is 13.6. The number of fused-ring (bicyclic) bond motifs is 1. The lowest BCUT2D eigenvalue weighted by molar-refractivity contribution is -0.384. The smallest absolute Gasteiger partial charge is 0.270 e. The number of furan rings is 1. The van der Waals surface area contributed by atoms with Crippen molar-refractivity contribution >= 4 is 5.69 Å². The summed E-state index contributed by atoms with van der Waals surface area (Å²) in [6.07, 6.45) is 4.01. The molecule has 1 aromatic carbocycles. The molecule has 1 N–H and O–H groups in total. The molecule has 160 valence electrons. The second kappa shape index (κ2) is 8.20. The van der Waals surface area contributed by atoms with Crippen molar-refractivity contribution in [2.45, 2.75) is 19.5 Å². The Hall–Kier alpha value is -4.11. The average Bonchev–Trinajstić information content (AvgIpc) is 3.28. The van der Waals surface area contributed by atoms with Crippen LogP contribution in [-0.4, -0.2) is 31.3 Å². The van der Waals surface area contributed by atoms with E-state index in [0.717, 1.165) is 23.6 Å². The molecule has 0 aliphatic carbocycles. The number of non-ortho nitro benzene ring substituents is 1. The van der Waals surface area contributed by atoms with Crippen molar-refractivity contribution in [3.63, 3.8) is 0 Å². The van der Waals surface area contributed by atoms with E-state index in [9.17, 15) is 14.9 Å². The lowest BCUT2D eigenvalue weighted by atomic mass is 10.1. The van der Waals surface area contributed by atoms with Crippen LogP contribution in [0.2, 0.25) is 0 Å². The number of aromatic amines is 1. The molecule has 4 aromatic rings. The number of benzene rings is 1. The third kappa shape index (κ3) is 3.93. The van der Waals surface area contributed by atoms with Crippen molar-refractivity contribution in [1.29, 1.82) is 0 Å². The number of nitrogens with zero attached hydrogens (tertiary/aromatic N) is 4. The molecule has 0 saturated carbocycles. The van der Waals surface area contributed by atoms with Gasteiger partial charge in [-0.15, -0.1) is 0 Å². The molecule has 0 bridgehead atoms. The van der Waals surface area contributed by atoms with Crippen LogP contribution in [0.4, 0.5) is 5.69 Å². The number of nitrogens with one attached hydrogen (secondary N) is 1. The van der Waals surface area contributed by atoms with Crippen LogP contribution in [0.15, 0.2) is 70.1 Å². The Bertz CT molecular complexity index is 1350. The van der Waals surface area contributed by atoms with Crippen LogP contribution < -0.4 is 5.56 Å². The predicted molar refractivity (Wildman–Crippen MR) is 117 cm³/mol. The summed E-state index contributed by atoms with van der Waals surface area (Å²) >= 11 is 0. The highest BCUT2D eigenvalue weighted by Gasteiger charge is 2.22. The molecule has 0 fully saturated rings. The Labute approximate surface area is 182 Å². The SMILES string of the molecule is O=c1[nH]c(-c2cccnc2)nc2c1CN(Cc1ccc(-c3cccc([N+](=O)[O-])c3)o1)CC2. The van der Waals surface area contributed by atoms with Gasteiger partial charge in [-0.25, -0.2) is 4.98 Å². The Balaban J connectivity index is 1.33. The van der Waals surface area contributed by atoms with E-state index in [0.29, 0.717) is 42.2 Å². The maximum atomic E-state index is 12.7. The predicted octanol–water partition coefficient (Wildman–Crippen LogP) is 3.56. The van der Waals surface area contributed by atoms with Crippen molar-refractivity contribution in [1.82, 2.24) is 19.9 Å². The molecule has 4 heterocycles. The minimum atomic E-state index is -0.427. The van der Waals surface area contributed by atoms with Gasteiger partial charge >= 0.3 is 0 Å². The van der Waals surface area contributed by atoms with Crippen molar-refractivity contribution in [2.24, 2.45) is 0 Å². The molecule has 3 aromatic heterocycles. The van der Waals surface area contributed by atoms with Crippen LogP contribution in [0.5, 0.6) is 0 Å². The number of hydrogen-bond acceptors (Lipinski definition) is 7. The van der Waals surface area contributed by atoms with Gasteiger partial charge in [0.05, 0.1) is 22.7 Å². The fourth-order valence-corrected chi connectivity index (χ4v) is 3.87. The highest BCUT2D eigenvalue weighted by molar-refractivity contribution is 5.61. The standard InChI is InChI=1S/C23H19N5O4/c29-23-19-14-27(10-8-20(19)25-22(26-23)16-4-2-9-24-12-16)13-18-6-7-21(32-18)15-3-1-5-17(11-15)28(30)31/h1-7,9,11-12H,8,10,13-14H2,(H,25,26,29). The summed E-state index contributed by atoms with van der Waals surface area (Å²) in [4.78, 5) is 37.0. The molecule has 1 aliphatic heterocycles. The van der Waals surface area contributed by atoms with E-state index in [1.807, 2.05) is 18.2 Å². The van der Waals surface area contributed by atoms with Crippen LogP contribution in [0.1, 0.15) is 17.0 Å². The van der Waals surface area contributed by atoms with Crippen molar-refractivity contribution in [3.8, 4) is 22.7 Å². The Morgan fingerprint density at radius 3 is 2.84 bits per heavy atom. The minimum absolute atomic E-state index is 0.0189. The third-order valence-electron chi connectivity index (χ3n) is 5.47. The Morgan fingerprint density at radius 1 is 1.16 bits per heavy atom. The number of H-pyrrole nitrogens is 1. The number of nitro groups is 1. The summed E-state index contributed by atoms with van der Waals surface area (Å²) in [5.74, 6) is 1.83. The molecule has 0 unspecified atom stereocenters. The second-order valence-corrected chi connectivity index (χ2v) is 7.62. The van der Waals surface area contributed by atoms with Gasteiger partial charge < -0.3 is 9.40 Å². The summed E-state index contributed by atoms with van der Waals surface area (Å²) in [5, 5.41) is 11.0. The topological polar surface area (TPSA) is 118 Å². The van der Waals surface area contributed by atoms with Gasteiger partial charge in [0.2, 0.25) is 0 Å². The fraction of sp³-hybridized carbons (Fsp3) is 0.174. The first kappa shape index (κ1) is 19.8. The number of pyridine rings is 1. The van der Waals surface area contributed by atoms with Crippen molar-refractivity contribution in [3.05, 3.63) is 98.4 Å². The molecule has 0 atom stereocenters. The van der Waals surface area contributed by atoms with Crippen LogP contribution in [0.3, 0.4) is 0 Å². The van der Waals surface area contributed by atoms with E-state index in [1.165, 1.54) is 12.1 Å². The molecule has 9 heteroatoms. The molecule has 5 rings (SSSR count). The van der Waals surface area contributed by atoms with Gasteiger partial charge in [0.25, 0.3) is 11.2 Å². The summed E-state index contributed by atoms with van der Waals surface area (Å²) in [6.45, 7) is 1.73. The van der Waals surface area contributed by atoms with Gasteiger partial charge in [-0.05, 0) is 24.3 Å². The van der Waals surface area contributed by atoms with E-state index >= 15 is 0 Å². The van der Waals surface area contributed by atoms with Crippen LogP contribution in [-0.2, 0) is 19.5 Å². The van der Waals surface area contributed by atoms with E-state index in [-0.39, 0.29) is 11.2 Å². The van der Waals surface area contributed by atoms with Gasteiger partial charge in [0.15, 0.2) is 0 Å². The zero-order valence-electron chi connectivity index (χ0n) is 17.0. The Morgan fingerprint density at radius 2 is 2.03 bits per heavy atom. The highest BCUT2D eigenvalue weighted by Crippen LogP contribution is 2.27. The van der Waals surface area contributed by atoms with E-state index < -0.39 is 4.92 Å². The average molecular weight is 429 g/mol. The molecule has 0 radical (unpaired) electrons. The first-order chi connectivity index (χ1) is 15.6. The largest absolute Gasteiger partial charge is 0.460 e. The lowest BCUT2D eigenvalue weighted by Crippen LogP contribution is -2.35. The van der Waals surface area contributed by atoms with E-state index in [2.05, 4.69) is 19.9 Å². The molecular formula is C23H19N5O4. The summed E-state index contributed by atoms with van der Waals surface area (Å²) in [5.41, 5.74) is 2.77. The van der Waals surface area contributed by atoms with Crippen LogP contribution >= 0.6 is 0 Å². The number of aromatic nitrogens is 3. The maximum absolute atomic E-state index is 12.7. The fourth-order valence-electron chi connectivity index (χ4n) is 3.87. The van der Waals surface area contributed by atoms with Gasteiger partial charge in [-0.1, -0.05) is 12.1 Å². The molecule has 32 heavy (non-hydrogen) atoms. The summed E-state index contributed by atoms with van der Waals surface area (Å²) in [6, 6.07) is 13.7. The number of hydrogen-bond donors (Lipinski definition) is 1. The first-order valence-electron chi connectivity index (χ1n) is 10.2. The lowest BCUT2D eigenvalue weighted by Gasteiger charge is -2.26. The zero-order valence-corrected chi connectivity index (χ0v) is 17.0. The molecule has 0 spiro atoms. The molecule has 9 nitrogen and oxygen atoms in total. The summed E-state index contributed by atoms with van der Waals surface area (Å²) in [7, 11) is 0. The van der Waals surface area contributed by atoms with Gasteiger partial charge in [0.1, 0.15) is 17.3 Å². The number of nitro benzene ring substituents is 1. The van der Waals surface area contributed by atoms with Gasteiger partial charge in [-0.3, -0.25) is 24.8 Å². The van der Waals surface area contributed by atoms with Crippen molar-refractivity contribution in [2.75, 3.05) is 6.54 Å². The monoisotopic (exact) mass is 429 g/mol. The quantitative estimate of drug-likeness (QED) is 0.381. The zero-order chi connectivity index (χ0) is 22.1.